The van der Waals surface area contributed by atoms with Crippen molar-refractivity contribution in [1.82, 2.24) is 0 Å². The number of rotatable bonds is 4. The Bertz CT molecular complexity index is 344. The summed E-state index contributed by atoms with van der Waals surface area (Å²) in [6.07, 6.45) is 0.750. The zero-order valence-corrected chi connectivity index (χ0v) is 9.64. The van der Waals surface area contributed by atoms with Crippen molar-refractivity contribution in [1.29, 1.82) is 0 Å². The predicted octanol–water partition coefficient (Wildman–Crippen LogP) is 2.94. The molecule has 1 unspecified atom stereocenters. The summed E-state index contributed by atoms with van der Waals surface area (Å²) in [4.78, 5) is 0. The Morgan fingerprint density at radius 1 is 1.53 bits per heavy atom. The molecule has 0 bridgehead atoms. The van der Waals surface area contributed by atoms with Crippen LogP contribution < -0.4 is 10.5 Å². The SMILES string of the molecule is COc1c(F)ccc(Cl)c1C(C)CCN. The summed E-state index contributed by atoms with van der Waals surface area (Å²) in [6, 6.07) is 2.85. The molecule has 0 spiro atoms. The second kappa shape index (κ2) is 5.33. The van der Waals surface area contributed by atoms with Gasteiger partial charge in [-0.2, -0.15) is 0 Å². The minimum Gasteiger partial charge on any atom is -0.493 e. The van der Waals surface area contributed by atoms with Crippen LogP contribution in [-0.4, -0.2) is 13.7 Å². The maximum atomic E-state index is 13.4. The van der Waals surface area contributed by atoms with Crippen LogP contribution in [0.5, 0.6) is 5.75 Å². The van der Waals surface area contributed by atoms with Gasteiger partial charge in [-0.3, -0.25) is 0 Å². The molecule has 2 N–H and O–H groups in total. The van der Waals surface area contributed by atoms with Gasteiger partial charge in [0.25, 0.3) is 0 Å². The third-order valence-electron chi connectivity index (χ3n) is 2.39. The first-order valence-electron chi connectivity index (χ1n) is 4.83. The first-order chi connectivity index (χ1) is 7.11. The number of benzene rings is 1. The standard InChI is InChI=1S/C11H15ClFNO/c1-7(5-6-14)10-8(12)3-4-9(13)11(10)15-2/h3-4,7H,5-6,14H2,1-2H3. The first-order valence-corrected chi connectivity index (χ1v) is 5.21. The fourth-order valence-electron chi connectivity index (χ4n) is 1.61. The predicted molar refractivity (Wildman–Crippen MR) is 60.0 cm³/mol. The second-order valence-electron chi connectivity index (χ2n) is 3.45. The molecule has 0 amide bonds. The van der Waals surface area contributed by atoms with Gasteiger partial charge in [0, 0.05) is 10.6 Å². The lowest BCUT2D eigenvalue weighted by atomic mass is 9.96. The lowest BCUT2D eigenvalue weighted by Gasteiger charge is -2.17. The van der Waals surface area contributed by atoms with Crippen LogP contribution in [0.4, 0.5) is 4.39 Å². The van der Waals surface area contributed by atoms with E-state index in [0.717, 1.165) is 6.42 Å². The van der Waals surface area contributed by atoms with Gasteiger partial charge >= 0.3 is 0 Å². The zero-order valence-electron chi connectivity index (χ0n) is 8.89. The molecule has 15 heavy (non-hydrogen) atoms. The fourth-order valence-corrected chi connectivity index (χ4v) is 1.94. The average Bonchev–Trinajstić information content (AvgIpc) is 2.21. The van der Waals surface area contributed by atoms with Crippen molar-refractivity contribution in [2.45, 2.75) is 19.3 Å². The van der Waals surface area contributed by atoms with E-state index in [2.05, 4.69) is 0 Å². The molecule has 0 saturated carbocycles. The van der Waals surface area contributed by atoms with Crippen LogP contribution in [0.25, 0.3) is 0 Å². The van der Waals surface area contributed by atoms with Crippen molar-refractivity contribution < 1.29 is 9.13 Å². The monoisotopic (exact) mass is 231 g/mol. The lowest BCUT2D eigenvalue weighted by molar-refractivity contribution is 0.377. The molecule has 0 saturated heterocycles. The van der Waals surface area contributed by atoms with E-state index in [0.29, 0.717) is 17.1 Å². The molecule has 0 aliphatic rings. The fraction of sp³-hybridized carbons (Fsp3) is 0.455. The van der Waals surface area contributed by atoms with Crippen molar-refractivity contribution in [3.8, 4) is 5.75 Å². The van der Waals surface area contributed by atoms with Crippen LogP contribution in [0.3, 0.4) is 0 Å². The molecule has 0 aliphatic heterocycles. The Morgan fingerprint density at radius 2 is 2.20 bits per heavy atom. The molecule has 0 aliphatic carbocycles. The van der Waals surface area contributed by atoms with E-state index in [1.807, 2.05) is 6.92 Å². The molecule has 0 aromatic heterocycles. The van der Waals surface area contributed by atoms with E-state index in [-0.39, 0.29) is 17.5 Å². The van der Waals surface area contributed by atoms with Gasteiger partial charge in [-0.1, -0.05) is 18.5 Å². The van der Waals surface area contributed by atoms with Crippen LogP contribution >= 0.6 is 11.6 Å². The van der Waals surface area contributed by atoms with E-state index < -0.39 is 0 Å². The first kappa shape index (κ1) is 12.3. The summed E-state index contributed by atoms with van der Waals surface area (Å²) in [5.41, 5.74) is 6.17. The summed E-state index contributed by atoms with van der Waals surface area (Å²) >= 11 is 6.02. The van der Waals surface area contributed by atoms with Gasteiger partial charge < -0.3 is 10.5 Å². The van der Waals surface area contributed by atoms with Crippen molar-refractivity contribution in [2.24, 2.45) is 5.73 Å². The highest BCUT2D eigenvalue weighted by Gasteiger charge is 2.18. The van der Waals surface area contributed by atoms with Crippen LogP contribution in [-0.2, 0) is 0 Å². The van der Waals surface area contributed by atoms with E-state index in [1.165, 1.54) is 13.2 Å². The number of nitrogens with two attached hydrogens (primary N) is 1. The normalized spacial score (nSPS) is 12.6. The molecule has 2 nitrogen and oxygen atoms in total. The summed E-state index contributed by atoms with van der Waals surface area (Å²) in [7, 11) is 1.44. The van der Waals surface area contributed by atoms with Gasteiger partial charge in [-0.05, 0) is 31.0 Å². The highest BCUT2D eigenvalue weighted by molar-refractivity contribution is 6.31. The van der Waals surface area contributed by atoms with E-state index in [9.17, 15) is 4.39 Å². The molecule has 1 aromatic rings. The molecule has 1 atom stereocenters. The Labute approximate surface area is 94.2 Å². The molecule has 0 heterocycles. The molecule has 4 heteroatoms. The van der Waals surface area contributed by atoms with E-state index >= 15 is 0 Å². The molecule has 0 fully saturated rings. The van der Waals surface area contributed by atoms with Gasteiger partial charge in [-0.15, -0.1) is 0 Å². The number of methoxy groups -OCH3 is 1. The highest BCUT2D eigenvalue weighted by atomic mass is 35.5. The van der Waals surface area contributed by atoms with Gasteiger partial charge in [0.1, 0.15) is 0 Å². The van der Waals surface area contributed by atoms with Crippen LogP contribution in [0, 0.1) is 5.82 Å². The highest BCUT2D eigenvalue weighted by Crippen LogP contribution is 2.36. The number of hydrogen-bond acceptors (Lipinski definition) is 2. The average molecular weight is 232 g/mol. The van der Waals surface area contributed by atoms with E-state index in [4.69, 9.17) is 22.1 Å². The number of halogens is 2. The van der Waals surface area contributed by atoms with Gasteiger partial charge in [-0.25, -0.2) is 4.39 Å². The van der Waals surface area contributed by atoms with Crippen LogP contribution in [0.2, 0.25) is 5.02 Å². The Kier molecular flexibility index (Phi) is 4.36. The molecule has 84 valence electrons. The van der Waals surface area contributed by atoms with Gasteiger partial charge in [0.15, 0.2) is 11.6 Å². The summed E-state index contributed by atoms with van der Waals surface area (Å²) in [5, 5.41) is 0.522. The largest absolute Gasteiger partial charge is 0.493 e. The summed E-state index contributed by atoms with van der Waals surface area (Å²) in [6.45, 7) is 2.49. The van der Waals surface area contributed by atoms with Gasteiger partial charge in [0.05, 0.1) is 7.11 Å². The Hall–Kier alpha value is -0.800. The summed E-state index contributed by atoms with van der Waals surface area (Å²) < 4.78 is 18.4. The third-order valence-corrected chi connectivity index (χ3v) is 2.72. The molecule has 1 aromatic carbocycles. The van der Waals surface area contributed by atoms with Crippen molar-refractivity contribution in [3.63, 3.8) is 0 Å². The van der Waals surface area contributed by atoms with Crippen LogP contribution in [0.1, 0.15) is 24.8 Å². The maximum Gasteiger partial charge on any atom is 0.165 e. The minimum atomic E-state index is -0.388. The van der Waals surface area contributed by atoms with E-state index in [1.54, 1.807) is 6.07 Å². The second-order valence-corrected chi connectivity index (χ2v) is 3.86. The smallest absolute Gasteiger partial charge is 0.165 e. The zero-order chi connectivity index (χ0) is 11.4. The lowest BCUT2D eigenvalue weighted by Crippen LogP contribution is -2.07. The molecular formula is C11H15ClFNO. The topological polar surface area (TPSA) is 35.2 Å². The summed E-state index contributed by atoms with van der Waals surface area (Å²) in [5.74, 6) is -0.0719. The van der Waals surface area contributed by atoms with Crippen LogP contribution in [0.15, 0.2) is 12.1 Å². The van der Waals surface area contributed by atoms with Gasteiger partial charge in [0.2, 0.25) is 0 Å². The number of hydrogen-bond donors (Lipinski definition) is 1. The van der Waals surface area contributed by atoms with Crippen molar-refractivity contribution in [2.75, 3.05) is 13.7 Å². The quantitative estimate of drug-likeness (QED) is 0.865. The van der Waals surface area contributed by atoms with Crippen molar-refractivity contribution in [3.05, 3.63) is 28.5 Å². The maximum absolute atomic E-state index is 13.4. The third kappa shape index (κ3) is 2.61. The molecule has 0 radical (unpaired) electrons. The molecular weight excluding hydrogens is 217 g/mol. The Morgan fingerprint density at radius 3 is 2.73 bits per heavy atom. The minimum absolute atomic E-state index is 0.0909. The van der Waals surface area contributed by atoms with Crippen molar-refractivity contribution >= 4 is 11.6 Å². The number of ether oxygens (including phenoxy) is 1. The molecule has 1 rings (SSSR count). The Balaban J connectivity index is 3.18.